The highest BCUT2D eigenvalue weighted by Gasteiger charge is 2.56. The minimum Gasteiger partial charge on any atom is -0.459 e. The molecule has 1 aliphatic carbocycles. The molecule has 0 spiro atoms. The number of amides is 2. The van der Waals surface area contributed by atoms with Gasteiger partial charge in [0.1, 0.15) is 18.1 Å². The van der Waals surface area contributed by atoms with E-state index in [9.17, 15) is 24.8 Å². The maximum atomic E-state index is 12.8. The summed E-state index contributed by atoms with van der Waals surface area (Å²) in [6.45, 7) is 1.70. The van der Waals surface area contributed by atoms with E-state index in [2.05, 4.69) is 0 Å². The smallest absolute Gasteiger partial charge is 0.455 e. The first-order valence-corrected chi connectivity index (χ1v) is 11.2. The van der Waals surface area contributed by atoms with Crippen LogP contribution < -0.4 is 0 Å². The molecule has 2 fully saturated rings. The second-order valence-corrected chi connectivity index (χ2v) is 8.87. The molecule has 2 aliphatic heterocycles. The lowest BCUT2D eigenvalue weighted by Gasteiger charge is -2.43. The van der Waals surface area contributed by atoms with Crippen molar-refractivity contribution < 1.29 is 33.9 Å². The quantitative estimate of drug-likeness (QED) is 0.334. The number of rotatable bonds is 7. The largest absolute Gasteiger partial charge is 0.459 e. The summed E-state index contributed by atoms with van der Waals surface area (Å²) < 4.78 is 11.4. The van der Waals surface area contributed by atoms with Crippen molar-refractivity contribution in [2.24, 2.45) is 17.8 Å². The molecule has 1 aromatic rings. The molecular weight excluding hydrogens is 413 g/mol. The van der Waals surface area contributed by atoms with Crippen molar-refractivity contribution in [1.29, 1.82) is 0 Å². The molecular formula is C23H30BNO7. The molecule has 0 saturated carbocycles. The Labute approximate surface area is 187 Å². The average Bonchev–Trinajstić information content (AvgIpc) is 3.34. The van der Waals surface area contributed by atoms with E-state index in [0.717, 1.165) is 23.1 Å². The third-order valence-electron chi connectivity index (χ3n) is 7.09. The van der Waals surface area contributed by atoms with Gasteiger partial charge in [0.2, 0.25) is 11.8 Å². The number of carbonyl (C=O) groups excluding carboxylic acids is 2. The normalized spacial score (nSPS) is 28.5. The molecule has 2 amide bonds. The monoisotopic (exact) mass is 443 g/mol. The van der Waals surface area contributed by atoms with Crippen molar-refractivity contribution in [3.05, 3.63) is 40.4 Å². The molecule has 0 unspecified atom stereocenters. The van der Waals surface area contributed by atoms with Crippen molar-refractivity contribution >= 4 is 25.0 Å². The Morgan fingerprint density at radius 3 is 2.66 bits per heavy atom. The van der Waals surface area contributed by atoms with Crippen LogP contribution in [0, 0.1) is 17.8 Å². The minimum absolute atomic E-state index is 0.152. The molecule has 0 aromatic carbocycles. The van der Waals surface area contributed by atoms with Gasteiger partial charge in [-0.1, -0.05) is 12.5 Å². The van der Waals surface area contributed by atoms with Gasteiger partial charge in [0.25, 0.3) is 0 Å². The molecule has 3 heterocycles. The SMILES string of the molecule is CC/C(=C\c1ccc(CO)o1)CC[C@H]1OB(O)C[C@H]2C1=C(CO)C[C@H]1C(=O)N(C)C(=O)[C@H]12. The van der Waals surface area contributed by atoms with Crippen LogP contribution >= 0.6 is 0 Å². The van der Waals surface area contributed by atoms with Gasteiger partial charge >= 0.3 is 7.12 Å². The van der Waals surface area contributed by atoms with Crippen LogP contribution in [0.5, 0.6) is 0 Å². The summed E-state index contributed by atoms with van der Waals surface area (Å²) in [4.78, 5) is 26.6. The van der Waals surface area contributed by atoms with Crippen molar-refractivity contribution in [3.8, 4) is 0 Å². The van der Waals surface area contributed by atoms with Gasteiger partial charge in [0.15, 0.2) is 0 Å². The number of allylic oxidation sites excluding steroid dienone is 1. The first-order chi connectivity index (χ1) is 15.4. The lowest BCUT2D eigenvalue weighted by molar-refractivity contribution is -0.138. The van der Waals surface area contributed by atoms with Crippen LogP contribution in [0.1, 0.15) is 44.1 Å². The van der Waals surface area contributed by atoms with Crippen LogP contribution in [-0.2, 0) is 20.9 Å². The standard InChI is InChI=1S/C23H30BNO7/c1-3-13(8-15-5-6-16(12-27)31-15)4-7-19-20-14(11-26)9-17-21(18(20)10-24(30)32-19)23(29)25(2)22(17)28/h5-6,8,17-19,21,26-27,30H,3-4,7,9-12H2,1-2H3/b13-8+/t17-,18+,19-,21-/m1/s1. The molecule has 4 rings (SSSR count). The summed E-state index contributed by atoms with van der Waals surface area (Å²) >= 11 is 0. The van der Waals surface area contributed by atoms with Crippen molar-refractivity contribution in [3.63, 3.8) is 0 Å². The number of hydrogen-bond acceptors (Lipinski definition) is 7. The van der Waals surface area contributed by atoms with Crippen LogP contribution in [0.2, 0.25) is 6.32 Å². The van der Waals surface area contributed by atoms with Crippen LogP contribution in [-0.4, -0.2) is 58.8 Å². The van der Waals surface area contributed by atoms with Crippen LogP contribution in [0.3, 0.4) is 0 Å². The van der Waals surface area contributed by atoms with Gasteiger partial charge in [-0.2, -0.15) is 0 Å². The number of aliphatic hydroxyl groups excluding tert-OH is 2. The van der Waals surface area contributed by atoms with Crippen molar-refractivity contribution in [1.82, 2.24) is 4.90 Å². The highest BCUT2D eigenvalue weighted by Crippen LogP contribution is 2.50. The fraction of sp³-hybridized carbons (Fsp3) is 0.565. The third-order valence-corrected chi connectivity index (χ3v) is 7.09. The molecule has 9 heteroatoms. The number of furan rings is 1. The Balaban J connectivity index is 1.58. The van der Waals surface area contributed by atoms with Crippen LogP contribution in [0.4, 0.5) is 0 Å². The van der Waals surface area contributed by atoms with Crippen molar-refractivity contribution in [2.45, 2.75) is 51.6 Å². The fourth-order valence-electron chi connectivity index (χ4n) is 5.49. The van der Waals surface area contributed by atoms with E-state index in [1.54, 1.807) is 6.07 Å². The molecule has 0 radical (unpaired) electrons. The predicted octanol–water partition coefficient (Wildman–Crippen LogP) is 1.76. The summed E-state index contributed by atoms with van der Waals surface area (Å²) in [5, 5.41) is 29.7. The fourth-order valence-corrected chi connectivity index (χ4v) is 5.49. The zero-order chi connectivity index (χ0) is 23.0. The van der Waals surface area contributed by atoms with Crippen LogP contribution in [0.15, 0.2) is 33.3 Å². The van der Waals surface area contributed by atoms with Gasteiger partial charge in [-0.15, -0.1) is 0 Å². The van der Waals surface area contributed by atoms with E-state index in [4.69, 9.17) is 9.07 Å². The molecule has 32 heavy (non-hydrogen) atoms. The van der Waals surface area contributed by atoms with Crippen LogP contribution in [0.25, 0.3) is 6.08 Å². The topological polar surface area (TPSA) is 120 Å². The van der Waals surface area contributed by atoms with Gasteiger partial charge in [0.05, 0.1) is 24.5 Å². The van der Waals surface area contributed by atoms with Gasteiger partial charge in [-0.3, -0.25) is 14.5 Å². The summed E-state index contributed by atoms with van der Waals surface area (Å²) in [6.07, 6.45) is 4.17. The van der Waals surface area contributed by atoms with E-state index in [1.165, 1.54) is 11.9 Å². The van der Waals surface area contributed by atoms with E-state index >= 15 is 0 Å². The van der Waals surface area contributed by atoms with E-state index in [1.807, 2.05) is 19.1 Å². The number of aliphatic hydroxyl groups is 2. The second-order valence-electron chi connectivity index (χ2n) is 8.87. The lowest BCUT2D eigenvalue weighted by Crippen LogP contribution is -2.46. The maximum absolute atomic E-state index is 12.8. The van der Waals surface area contributed by atoms with Crippen molar-refractivity contribution in [2.75, 3.05) is 13.7 Å². The molecule has 0 bridgehead atoms. The zero-order valence-corrected chi connectivity index (χ0v) is 18.5. The highest BCUT2D eigenvalue weighted by molar-refractivity contribution is 6.43. The summed E-state index contributed by atoms with van der Waals surface area (Å²) in [6, 6.07) is 3.54. The minimum atomic E-state index is -1.02. The molecule has 172 valence electrons. The predicted molar refractivity (Wildman–Crippen MR) is 117 cm³/mol. The first kappa shape index (κ1) is 23.0. The summed E-state index contributed by atoms with van der Waals surface area (Å²) in [5.74, 6) is -0.526. The number of carbonyl (C=O) groups is 2. The maximum Gasteiger partial charge on any atom is 0.455 e. The van der Waals surface area contributed by atoms with Gasteiger partial charge in [0, 0.05) is 7.05 Å². The van der Waals surface area contributed by atoms with Gasteiger partial charge in [-0.25, -0.2) is 0 Å². The molecule has 4 atom stereocenters. The number of fused-ring (bicyclic) bond motifs is 3. The Hall–Kier alpha value is -2.20. The van der Waals surface area contributed by atoms with E-state index in [0.29, 0.717) is 30.8 Å². The number of hydrogen-bond donors (Lipinski definition) is 3. The first-order valence-electron chi connectivity index (χ1n) is 11.2. The molecule has 8 nitrogen and oxygen atoms in total. The van der Waals surface area contributed by atoms with Gasteiger partial charge in [-0.05, 0) is 67.3 Å². The summed E-state index contributed by atoms with van der Waals surface area (Å²) in [7, 11) is 0.483. The number of likely N-dealkylation sites (tertiary alicyclic amines) is 1. The summed E-state index contributed by atoms with van der Waals surface area (Å²) in [5.41, 5.74) is 2.76. The zero-order valence-electron chi connectivity index (χ0n) is 18.5. The van der Waals surface area contributed by atoms with E-state index < -0.39 is 25.1 Å². The Morgan fingerprint density at radius 2 is 2.00 bits per heavy atom. The third kappa shape index (κ3) is 4.10. The average molecular weight is 443 g/mol. The molecule has 3 aliphatic rings. The van der Waals surface area contributed by atoms with Gasteiger partial charge < -0.3 is 24.3 Å². The number of imide groups is 1. The molecule has 3 N–H and O–H groups in total. The highest BCUT2D eigenvalue weighted by atomic mass is 16.5. The molecule has 1 aromatic heterocycles. The number of nitrogens with zero attached hydrogens (tertiary/aromatic N) is 1. The molecule has 2 saturated heterocycles. The Kier molecular flexibility index (Phi) is 6.71. The second kappa shape index (κ2) is 9.35. The Bertz CT molecular complexity index is 952. The Morgan fingerprint density at radius 1 is 1.22 bits per heavy atom. The lowest BCUT2D eigenvalue weighted by atomic mass is 9.58. The van der Waals surface area contributed by atoms with E-state index in [-0.39, 0.29) is 37.3 Å².